The van der Waals surface area contributed by atoms with Gasteiger partial charge in [-0.05, 0) is 18.2 Å². The number of anilines is 1. The van der Waals surface area contributed by atoms with E-state index in [4.69, 9.17) is 5.11 Å². The maximum Gasteiger partial charge on any atom is 0.403 e. The molecule has 3 nitrogen and oxygen atoms in total. The first-order chi connectivity index (χ1) is 7.80. The molecular weight excluding hydrogens is 242 g/mol. The highest BCUT2D eigenvalue weighted by atomic mass is 19.4. The predicted molar refractivity (Wildman–Crippen MR) is 52.1 cm³/mol. The van der Waals surface area contributed by atoms with E-state index in [2.05, 4.69) is 5.32 Å². The summed E-state index contributed by atoms with van der Waals surface area (Å²) in [5.74, 6) is -5.11. The Hall–Kier alpha value is -1.79. The number of nitrogens with one attached hydrogen (secondary N) is 1. The van der Waals surface area contributed by atoms with Crippen LogP contribution < -0.4 is 5.32 Å². The van der Waals surface area contributed by atoms with Crippen LogP contribution in [0.1, 0.15) is 0 Å². The Kier molecular flexibility index (Phi) is 3.93. The Morgan fingerprint density at radius 3 is 2.53 bits per heavy atom. The summed E-state index contributed by atoms with van der Waals surface area (Å²) in [6, 6.07) is 4.76. The van der Waals surface area contributed by atoms with Gasteiger partial charge in [-0.3, -0.25) is 4.79 Å². The molecule has 1 unspecified atom stereocenters. The molecule has 0 bridgehead atoms. The molecule has 1 atom stereocenters. The number of alkyl halides is 3. The summed E-state index contributed by atoms with van der Waals surface area (Å²) in [7, 11) is 0. The molecule has 0 heterocycles. The second kappa shape index (κ2) is 5.03. The van der Waals surface area contributed by atoms with Gasteiger partial charge in [0, 0.05) is 12.2 Å². The van der Waals surface area contributed by atoms with E-state index in [1.54, 1.807) is 0 Å². The highest BCUT2D eigenvalue weighted by Gasteiger charge is 2.44. The molecule has 0 aliphatic heterocycles. The van der Waals surface area contributed by atoms with E-state index in [0.29, 0.717) is 0 Å². The molecular formula is C10H9F4NO2. The third kappa shape index (κ3) is 3.93. The molecule has 94 valence electrons. The van der Waals surface area contributed by atoms with Crippen LogP contribution in [0.3, 0.4) is 0 Å². The van der Waals surface area contributed by atoms with Gasteiger partial charge in [0.05, 0.1) is 0 Å². The minimum atomic E-state index is -4.84. The van der Waals surface area contributed by atoms with Crippen LogP contribution in [0, 0.1) is 11.7 Å². The Bertz CT molecular complexity index is 406. The van der Waals surface area contributed by atoms with Gasteiger partial charge in [-0.25, -0.2) is 4.39 Å². The number of rotatable bonds is 4. The van der Waals surface area contributed by atoms with Crippen LogP contribution in [0.5, 0.6) is 0 Å². The molecule has 0 fully saturated rings. The van der Waals surface area contributed by atoms with Crippen molar-refractivity contribution in [3.63, 3.8) is 0 Å². The van der Waals surface area contributed by atoms with Gasteiger partial charge in [0.1, 0.15) is 5.82 Å². The van der Waals surface area contributed by atoms with E-state index < -0.39 is 30.4 Å². The van der Waals surface area contributed by atoms with Gasteiger partial charge in [-0.15, -0.1) is 0 Å². The topological polar surface area (TPSA) is 49.3 Å². The fourth-order valence-corrected chi connectivity index (χ4v) is 1.16. The lowest BCUT2D eigenvalue weighted by Gasteiger charge is -2.17. The van der Waals surface area contributed by atoms with E-state index >= 15 is 0 Å². The van der Waals surface area contributed by atoms with Gasteiger partial charge in [0.25, 0.3) is 0 Å². The molecule has 0 aromatic heterocycles. The normalized spacial score (nSPS) is 13.2. The van der Waals surface area contributed by atoms with Crippen molar-refractivity contribution in [3.8, 4) is 0 Å². The highest BCUT2D eigenvalue weighted by molar-refractivity contribution is 5.71. The fraction of sp³-hybridized carbons (Fsp3) is 0.300. The predicted octanol–water partition coefficient (Wildman–Crippen LogP) is 2.50. The molecule has 1 aromatic carbocycles. The van der Waals surface area contributed by atoms with Crippen molar-refractivity contribution in [3.05, 3.63) is 30.1 Å². The van der Waals surface area contributed by atoms with E-state index in [1.807, 2.05) is 0 Å². The van der Waals surface area contributed by atoms with Gasteiger partial charge in [-0.2, -0.15) is 13.2 Å². The average molecular weight is 251 g/mol. The SMILES string of the molecule is O=C(O)C(CNc1cccc(F)c1)C(F)(F)F. The molecule has 0 amide bonds. The largest absolute Gasteiger partial charge is 0.481 e. The molecule has 17 heavy (non-hydrogen) atoms. The molecule has 7 heteroatoms. The van der Waals surface area contributed by atoms with Crippen molar-refractivity contribution in [1.29, 1.82) is 0 Å². The smallest absolute Gasteiger partial charge is 0.403 e. The third-order valence-corrected chi connectivity index (χ3v) is 2.03. The van der Waals surface area contributed by atoms with E-state index in [0.717, 1.165) is 12.1 Å². The number of benzene rings is 1. The number of aliphatic carboxylic acids is 1. The number of hydrogen-bond donors (Lipinski definition) is 2. The van der Waals surface area contributed by atoms with Gasteiger partial charge >= 0.3 is 12.1 Å². The van der Waals surface area contributed by atoms with Crippen molar-refractivity contribution in [1.82, 2.24) is 0 Å². The zero-order valence-electron chi connectivity index (χ0n) is 8.46. The summed E-state index contributed by atoms with van der Waals surface area (Å²) in [6.45, 7) is -0.845. The number of carboxylic acids is 1. The summed E-state index contributed by atoms with van der Waals surface area (Å²) in [4.78, 5) is 10.4. The van der Waals surface area contributed by atoms with Crippen LogP contribution in [0.4, 0.5) is 23.2 Å². The average Bonchev–Trinajstić information content (AvgIpc) is 2.15. The summed E-state index contributed by atoms with van der Waals surface area (Å²) in [5.41, 5.74) is 0.0977. The Morgan fingerprint density at radius 1 is 1.41 bits per heavy atom. The number of halogens is 4. The molecule has 0 spiro atoms. The summed E-state index contributed by atoms with van der Waals surface area (Å²) in [5, 5.41) is 10.6. The van der Waals surface area contributed by atoms with E-state index in [-0.39, 0.29) is 5.69 Å². The van der Waals surface area contributed by atoms with Crippen molar-refractivity contribution in [2.45, 2.75) is 6.18 Å². The van der Waals surface area contributed by atoms with Crippen LogP contribution in [-0.2, 0) is 4.79 Å². The van der Waals surface area contributed by atoms with Crippen molar-refractivity contribution >= 4 is 11.7 Å². The molecule has 1 rings (SSSR count). The van der Waals surface area contributed by atoms with Gasteiger partial charge < -0.3 is 10.4 Å². The van der Waals surface area contributed by atoms with Crippen molar-refractivity contribution in [2.24, 2.45) is 5.92 Å². The summed E-state index contributed by atoms with van der Waals surface area (Å²) >= 11 is 0. The molecule has 2 N–H and O–H groups in total. The Balaban J connectivity index is 2.68. The molecule has 0 saturated carbocycles. The Labute approximate surface area is 94.1 Å². The van der Waals surface area contributed by atoms with Crippen LogP contribution in [-0.4, -0.2) is 23.8 Å². The fourth-order valence-electron chi connectivity index (χ4n) is 1.16. The van der Waals surface area contributed by atoms with E-state index in [1.165, 1.54) is 12.1 Å². The molecule has 0 aliphatic carbocycles. The second-order valence-electron chi connectivity index (χ2n) is 3.32. The maximum atomic E-state index is 12.7. The first-order valence-electron chi connectivity index (χ1n) is 4.59. The highest BCUT2D eigenvalue weighted by Crippen LogP contribution is 2.26. The number of carbonyl (C=O) groups is 1. The van der Waals surface area contributed by atoms with Crippen LogP contribution in [0.25, 0.3) is 0 Å². The zero-order valence-corrected chi connectivity index (χ0v) is 8.46. The van der Waals surface area contributed by atoms with Crippen LogP contribution in [0.2, 0.25) is 0 Å². The van der Waals surface area contributed by atoms with Gasteiger partial charge in [0.2, 0.25) is 0 Å². The van der Waals surface area contributed by atoms with E-state index in [9.17, 15) is 22.4 Å². The first-order valence-corrected chi connectivity index (χ1v) is 4.59. The minimum Gasteiger partial charge on any atom is -0.481 e. The van der Waals surface area contributed by atoms with Gasteiger partial charge in [-0.1, -0.05) is 6.07 Å². The molecule has 0 saturated heterocycles. The zero-order chi connectivity index (χ0) is 13.1. The number of hydrogen-bond acceptors (Lipinski definition) is 2. The quantitative estimate of drug-likeness (QED) is 0.808. The molecule has 1 aromatic rings. The van der Waals surface area contributed by atoms with Crippen molar-refractivity contribution < 1.29 is 27.5 Å². The maximum absolute atomic E-state index is 12.7. The monoisotopic (exact) mass is 251 g/mol. The minimum absolute atomic E-state index is 0.0977. The lowest BCUT2D eigenvalue weighted by Crippen LogP contribution is -2.36. The third-order valence-electron chi connectivity index (χ3n) is 2.03. The lowest BCUT2D eigenvalue weighted by atomic mass is 10.1. The Morgan fingerprint density at radius 2 is 2.06 bits per heavy atom. The van der Waals surface area contributed by atoms with Crippen LogP contribution in [0.15, 0.2) is 24.3 Å². The second-order valence-corrected chi connectivity index (χ2v) is 3.32. The first kappa shape index (κ1) is 13.3. The summed E-state index contributed by atoms with van der Waals surface area (Å²) in [6.07, 6.45) is -4.84. The molecule has 0 aliphatic rings. The van der Waals surface area contributed by atoms with Crippen molar-refractivity contribution in [2.75, 3.05) is 11.9 Å². The molecule has 0 radical (unpaired) electrons. The van der Waals surface area contributed by atoms with Gasteiger partial charge in [0.15, 0.2) is 5.92 Å². The van der Waals surface area contributed by atoms with Crippen LogP contribution >= 0.6 is 0 Å². The standard InChI is InChI=1S/C10H9F4NO2/c11-6-2-1-3-7(4-6)15-5-8(9(16)17)10(12,13)14/h1-4,8,15H,5H2,(H,16,17). The number of carboxylic acid groups (broad SMARTS) is 1. The summed E-state index contributed by atoms with van der Waals surface area (Å²) < 4.78 is 49.5. The lowest BCUT2D eigenvalue weighted by molar-refractivity contribution is -0.190.